The highest BCUT2D eigenvalue weighted by atomic mass is 79.9. The molecule has 1 aromatic carbocycles. The monoisotopic (exact) mass is 201 g/mol. The first-order valence-electron chi connectivity index (χ1n) is 2.66. The minimum absolute atomic E-state index is 0.682. The Morgan fingerprint density at radius 1 is 1.33 bits per heavy atom. The summed E-state index contributed by atoms with van der Waals surface area (Å²) in [7, 11) is 0. The van der Waals surface area contributed by atoms with E-state index in [4.69, 9.17) is 12.6 Å². The summed E-state index contributed by atoms with van der Waals surface area (Å²) in [5.41, 5.74) is 1.19. The third kappa shape index (κ3) is 1.73. The molecule has 0 saturated heterocycles. The number of hydrogen-bond donors (Lipinski definition) is 0. The lowest BCUT2D eigenvalue weighted by atomic mass is 10.2. The van der Waals surface area contributed by atoms with E-state index in [2.05, 4.69) is 15.9 Å². The van der Waals surface area contributed by atoms with Gasteiger partial charge in [-0.2, -0.15) is 0 Å². The molecule has 2 heteroatoms. The van der Waals surface area contributed by atoms with Gasteiger partial charge in [-0.25, -0.2) is 0 Å². The van der Waals surface area contributed by atoms with Gasteiger partial charge < -0.3 is 0 Å². The van der Waals surface area contributed by atoms with Gasteiger partial charge in [-0.05, 0) is 11.6 Å². The third-order valence-electron chi connectivity index (χ3n) is 1.11. The summed E-state index contributed by atoms with van der Waals surface area (Å²) >= 11 is 8.27. The molecule has 47 valence electrons. The lowest BCUT2D eigenvalue weighted by molar-refractivity contribution is 1.39. The predicted molar refractivity (Wildman–Crippen MR) is 45.4 cm³/mol. The summed E-state index contributed by atoms with van der Waals surface area (Å²) < 4.78 is 1.11. The largest absolute Gasteiger partial charge is 0.0890 e. The molecule has 0 N–H and O–H groups in total. The molecular formula is C7H6BrS. The van der Waals surface area contributed by atoms with Gasteiger partial charge in [0.15, 0.2) is 0 Å². The van der Waals surface area contributed by atoms with Crippen LogP contribution in [0, 0.1) is 0 Å². The average molecular weight is 202 g/mol. The van der Waals surface area contributed by atoms with Crippen LogP contribution in [-0.2, 0) is 5.75 Å². The Hall–Kier alpha value is 0.0500. The fourth-order valence-corrected chi connectivity index (χ4v) is 1.48. The van der Waals surface area contributed by atoms with Crippen molar-refractivity contribution in [1.29, 1.82) is 0 Å². The van der Waals surface area contributed by atoms with E-state index in [9.17, 15) is 0 Å². The molecule has 0 atom stereocenters. The van der Waals surface area contributed by atoms with E-state index in [1.165, 1.54) is 5.56 Å². The van der Waals surface area contributed by atoms with Crippen LogP contribution in [0.4, 0.5) is 0 Å². The van der Waals surface area contributed by atoms with E-state index in [0.717, 1.165) is 4.47 Å². The van der Waals surface area contributed by atoms with Crippen LogP contribution >= 0.6 is 28.6 Å². The quantitative estimate of drug-likeness (QED) is 0.656. The molecule has 1 aromatic rings. The maximum Gasteiger partial charge on any atom is 0.0300 e. The van der Waals surface area contributed by atoms with Crippen LogP contribution in [0.3, 0.4) is 0 Å². The van der Waals surface area contributed by atoms with Gasteiger partial charge in [0.05, 0.1) is 0 Å². The summed E-state index contributed by atoms with van der Waals surface area (Å²) in [5, 5.41) is 0. The second kappa shape index (κ2) is 3.28. The Kier molecular flexibility index (Phi) is 2.61. The first-order valence-corrected chi connectivity index (χ1v) is 4.03. The molecule has 0 fully saturated rings. The molecule has 0 aromatic heterocycles. The molecule has 0 nitrogen and oxygen atoms in total. The summed E-state index contributed by atoms with van der Waals surface area (Å²) in [4.78, 5) is 0. The zero-order valence-corrected chi connectivity index (χ0v) is 7.21. The first-order chi connectivity index (χ1) is 4.34. The van der Waals surface area contributed by atoms with Crippen molar-refractivity contribution in [3.63, 3.8) is 0 Å². The number of halogens is 1. The van der Waals surface area contributed by atoms with E-state index in [1.807, 2.05) is 24.3 Å². The van der Waals surface area contributed by atoms with Crippen molar-refractivity contribution >= 4 is 28.6 Å². The normalized spacial score (nSPS) is 9.56. The Morgan fingerprint density at radius 3 is 2.44 bits per heavy atom. The second-order valence-corrected chi connectivity index (χ2v) is 2.88. The Bertz CT molecular complexity index is 198. The molecule has 0 spiro atoms. The smallest absolute Gasteiger partial charge is 0.0300 e. The minimum Gasteiger partial charge on any atom is -0.0890 e. The molecule has 1 rings (SSSR count). The van der Waals surface area contributed by atoms with E-state index >= 15 is 0 Å². The Labute approximate surface area is 68.8 Å². The molecule has 0 aliphatic heterocycles. The second-order valence-electron chi connectivity index (χ2n) is 1.74. The van der Waals surface area contributed by atoms with Crippen molar-refractivity contribution < 1.29 is 0 Å². The Morgan fingerprint density at radius 2 is 2.00 bits per heavy atom. The van der Waals surface area contributed by atoms with Gasteiger partial charge in [-0.1, -0.05) is 46.8 Å². The van der Waals surface area contributed by atoms with Crippen LogP contribution in [0.2, 0.25) is 0 Å². The minimum atomic E-state index is 0.682. The van der Waals surface area contributed by atoms with Gasteiger partial charge >= 0.3 is 0 Å². The molecule has 1 radical (unpaired) electrons. The van der Waals surface area contributed by atoms with Crippen molar-refractivity contribution in [1.82, 2.24) is 0 Å². The summed E-state index contributed by atoms with van der Waals surface area (Å²) in [5.74, 6) is 0.682. The SMILES string of the molecule is [S]Cc1ccccc1Br. The molecule has 0 heterocycles. The van der Waals surface area contributed by atoms with Crippen molar-refractivity contribution in [3.05, 3.63) is 34.3 Å². The molecule has 0 unspecified atom stereocenters. The zero-order valence-electron chi connectivity index (χ0n) is 4.80. The summed E-state index contributed by atoms with van der Waals surface area (Å²) in [6, 6.07) is 8.00. The molecular weight excluding hydrogens is 196 g/mol. The van der Waals surface area contributed by atoms with Gasteiger partial charge in [-0.3, -0.25) is 0 Å². The zero-order chi connectivity index (χ0) is 6.69. The third-order valence-corrected chi connectivity index (χ3v) is 2.20. The Balaban J connectivity index is 3.01. The van der Waals surface area contributed by atoms with E-state index in [0.29, 0.717) is 5.75 Å². The highest BCUT2D eigenvalue weighted by Crippen LogP contribution is 2.16. The van der Waals surface area contributed by atoms with Crippen LogP contribution in [0.5, 0.6) is 0 Å². The van der Waals surface area contributed by atoms with Crippen LogP contribution in [0.25, 0.3) is 0 Å². The molecule has 0 amide bonds. The van der Waals surface area contributed by atoms with Crippen molar-refractivity contribution in [2.75, 3.05) is 0 Å². The number of hydrogen-bond acceptors (Lipinski definition) is 0. The fourth-order valence-electron chi connectivity index (χ4n) is 0.615. The average Bonchev–Trinajstić information content (AvgIpc) is 1.89. The van der Waals surface area contributed by atoms with E-state index in [1.54, 1.807) is 0 Å². The summed E-state index contributed by atoms with van der Waals surface area (Å²) in [6.45, 7) is 0. The molecule has 0 aliphatic rings. The highest BCUT2D eigenvalue weighted by Gasteiger charge is 1.92. The van der Waals surface area contributed by atoms with Crippen LogP contribution in [0.1, 0.15) is 5.56 Å². The molecule has 0 aliphatic carbocycles. The van der Waals surface area contributed by atoms with Crippen LogP contribution in [-0.4, -0.2) is 0 Å². The van der Waals surface area contributed by atoms with Gasteiger partial charge in [0, 0.05) is 10.2 Å². The van der Waals surface area contributed by atoms with Crippen LogP contribution < -0.4 is 0 Å². The van der Waals surface area contributed by atoms with Gasteiger partial charge in [0.25, 0.3) is 0 Å². The molecule has 0 bridgehead atoms. The number of benzene rings is 1. The number of rotatable bonds is 1. The van der Waals surface area contributed by atoms with Crippen LogP contribution in [0.15, 0.2) is 28.7 Å². The van der Waals surface area contributed by atoms with Crippen molar-refractivity contribution in [2.45, 2.75) is 5.75 Å². The van der Waals surface area contributed by atoms with E-state index < -0.39 is 0 Å². The van der Waals surface area contributed by atoms with Gasteiger partial charge in [0.2, 0.25) is 0 Å². The van der Waals surface area contributed by atoms with Crippen molar-refractivity contribution in [2.24, 2.45) is 0 Å². The molecule has 9 heavy (non-hydrogen) atoms. The first kappa shape index (κ1) is 7.16. The summed E-state index contributed by atoms with van der Waals surface area (Å²) in [6.07, 6.45) is 0. The fraction of sp³-hybridized carbons (Fsp3) is 0.143. The van der Waals surface area contributed by atoms with E-state index in [-0.39, 0.29) is 0 Å². The van der Waals surface area contributed by atoms with Gasteiger partial charge in [0.1, 0.15) is 0 Å². The molecule has 0 saturated carbocycles. The van der Waals surface area contributed by atoms with Crippen molar-refractivity contribution in [3.8, 4) is 0 Å². The lowest BCUT2D eigenvalue weighted by Crippen LogP contribution is -1.76. The standard InChI is InChI=1S/C7H6BrS/c8-7-4-2-1-3-6(7)5-9/h1-4H,5H2. The highest BCUT2D eigenvalue weighted by molar-refractivity contribution is 9.10. The van der Waals surface area contributed by atoms with Gasteiger partial charge in [-0.15, -0.1) is 0 Å². The maximum atomic E-state index is 4.88. The predicted octanol–water partition coefficient (Wildman–Crippen LogP) is 3.15. The maximum absolute atomic E-state index is 4.88. The lowest BCUT2D eigenvalue weighted by Gasteiger charge is -1.95. The topological polar surface area (TPSA) is 0 Å².